The van der Waals surface area contributed by atoms with Gasteiger partial charge in [-0.05, 0) is 90.1 Å². The maximum atomic E-state index is 13.9. The van der Waals surface area contributed by atoms with Gasteiger partial charge in [0.15, 0.2) is 5.78 Å². The molecule has 3 aromatic carbocycles. The van der Waals surface area contributed by atoms with Gasteiger partial charge < -0.3 is 0 Å². The number of hydrogen-bond donors (Lipinski definition) is 0. The molecule has 0 spiro atoms. The number of ketones is 1. The smallest absolute Gasteiger partial charge is 0.167 e. The van der Waals surface area contributed by atoms with Crippen molar-refractivity contribution in [1.29, 1.82) is 0 Å². The Hall–Kier alpha value is -3.04. The number of allylic oxidation sites excluding steroid dienone is 1. The lowest BCUT2D eigenvalue weighted by atomic mass is 9.92. The van der Waals surface area contributed by atoms with Gasteiger partial charge in [-0.3, -0.25) is 9.78 Å². The van der Waals surface area contributed by atoms with Gasteiger partial charge in [0.05, 0.1) is 5.52 Å². The number of benzene rings is 3. The summed E-state index contributed by atoms with van der Waals surface area (Å²) < 4.78 is 0.929. The Morgan fingerprint density at radius 3 is 2.41 bits per heavy atom. The fourth-order valence-corrected chi connectivity index (χ4v) is 5.98. The molecule has 6 rings (SSSR count). The Labute approximate surface area is 208 Å². The van der Waals surface area contributed by atoms with Gasteiger partial charge in [-0.1, -0.05) is 64.5 Å². The number of halogens is 1. The molecule has 2 nitrogen and oxygen atoms in total. The van der Waals surface area contributed by atoms with Crippen molar-refractivity contribution < 1.29 is 4.79 Å². The zero-order valence-corrected chi connectivity index (χ0v) is 20.7. The standard InChI is InChI=1S/C31H26BrNO/c32-29-14-13-23-8-3-15-33-31(23)28(29)19-30(34)27(26-12-11-22-5-2-7-25(22)18-26)17-20-9-10-21-4-1-6-24(21)16-20/h3,8-18H,1-2,4-7,19H2/b27-17+. The van der Waals surface area contributed by atoms with Crippen LogP contribution in [0.25, 0.3) is 22.6 Å². The zero-order chi connectivity index (χ0) is 23.1. The van der Waals surface area contributed by atoms with Crippen molar-refractivity contribution in [3.63, 3.8) is 0 Å². The van der Waals surface area contributed by atoms with E-state index in [2.05, 4.69) is 63.4 Å². The van der Waals surface area contributed by atoms with Gasteiger partial charge in [0.1, 0.15) is 0 Å². The summed E-state index contributed by atoms with van der Waals surface area (Å²) in [5.74, 6) is 0.122. The maximum Gasteiger partial charge on any atom is 0.167 e. The van der Waals surface area contributed by atoms with Gasteiger partial charge in [-0.2, -0.15) is 0 Å². The van der Waals surface area contributed by atoms with Crippen molar-refractivity contribution in [3.05, 3.63) is 110 Å². The minimum absolute atomic E-state index is 0.122. The van der Waals surface area contributed by atoms with E-state index in [9.17, 15) is 4.79 Å². The third-order valence-corrected chi connectivity index (χ3v) is 8.05. The molecule has 2 aliphatic rings. The number of hydrogen-bond acceptors (Lipinski definition) is 2. The number of carbonyl (C=O) groups excluding carboxylic acids is 1. The second-order valence-electron chi connectivity index (χ2n) is 9.48. The van der Waals surface area contributed by atoms with E-state index < -0.39 is 0 Å². The van der Waals surface area contributed by atoms with Crippen LogP contribution in [0.15, 0.2) is 71.3 Å². The predicted molar refractivity (Wildman–Crippen MR) is 143 cm³/mol. The molecule has 2 aliphatic carbocycles. The van der Waals surface area contributed by atoms with Gasteiger partial charge in [-0.15, -0.1) is 0 Å². The molecule has 0 fully saturated rings. The van der Waals surface area contributed by atoms with Crippen LogP contribution in [-0.2, 0) is 36.9 Å². The molecule has 34 heavy (non-hydrogen) atoms. The monoisotopic (exact) mass is 507 g/mol. The van der Waals surface area contributed by atoms with E-state index in [1.54, 1.807) is 6.20 Å². The Balaban J connectivity index is 1.44. The Morgan fingerprint density at radius 1 is 0.853 bits per heavy atom. The summed E-state index contributed by atoms with van der Waals surface area (Å²) in [4.78, 5) is 18.5. The first-order valence-electron chi connectivity index (χ1n) is 12.2. The maximum absolute atomic E-state index is 13.9. The molecule has 0 bridgehead atoms. The van der Waals surface area contributed by atoms with E-state index in [1.807, 2.05) is 24.3 Å². The highest BCUT2D eigenvalue weighted by Crippen LogP contribution is 2.32. The molecule has 0 atom stereocenters. The third-order valence-electron chi connectivity index (χ3n) is 7.30. The average molecular weight is 508 g/mol. The number of pyridine rings is 1. The minimum atomic E-state index is 0.122. The van der Waals surface area contributed by atoms with E-state index in [0.717, 1.165) is 63.3 Å². The molecule has 0 radical (unpaired) electrons. The van der Waals surface area contributed by atoms with E-state index in [0.29, 0.717) is 6.42 Å². The summed E-state index contributed by atoms with van der Waals surface area (Å²) in [6.45, 7) is 0. The quantitative estimate of drug-likeness (QED) is 0.209. The normalized spacial score (nSPS) is 14.9. The summed E-state index contributed by atoms with van der Waals surface area (Å²) >= 11 is 3.68. The van der Waals surface area contributed by atoms with Crippen LogP contribution in [0.4, 0.5) is 0 Å². The minimum Gasteiger partial charge on any atom is -0.294 e. The Bertz CT molecular complexity index is 1470. The Morgan fingerprint density at radius 2 is 1.59 bits per heavy atom. The van der Waals surface area contributed by atoms with Crippen molar-refractivity contribution in [2.45, 2.75) is 44.9 Å². The van der Waals surface area contributed by atoms with Gasteiger partial charge in [0, 0.05) is 33.6 Å². The van der Waals surface area contributed by atoms with E-state index in [-0.39, 0.29) is 5.78 Å². The van der Waals surface area contributed by atoms with Crippen molar-refractivity contribution in [2.75, 3.05) is 0 Å². The molecule has 168 valence electrons. The van der Waals surface area contributed by atoms with Crippen LogP contribution < -0.4 is 0 Å². The van der Waals surface area contributed by atoms with Crippen LogP contribution in [0.3, 0.4) is 0 Å². The van der Waals surface area contributed by atoms with Crippen molar-refractivity contribution in [1.82, 2.24) is 4.98 Å². The van der Waals surface area contributed by atoms with Gasteiger partial charge in [-0.25, -0.2) is 0 Å². The second kappa shape index (κ2) is 8.96. The van der Waals surface area contributed by atoms with Crippen LogP contribution in [0.5, 0.6) is 0 Å². The molecule has 0 saturated carbocycles. The number of Topliss-reactive ketones (excluding diaryl/α,β-unsaturated/α-hetero) is 1. The lowest BCUT2D eigenvalue weighted by Gasteiger charge is -2.13. The summed E-state index contributed by atoms with van der Waals surface area (Å²) in [6, 6.07) is 21.3. The zero-order valence-electron chi connectivity index (χ0n) is 19.1. The number of nitrogens with zero attached hydrogens (tertiary/aromatic N) is 1. The second-order valence-corrected chi connectivity index (χ2v) is 10.3. The van der Waals surface area contributed by atoms with Crippen molar-refractivity contribution in [2.24, 2.45) is 0 Å². The van der Waals surface area contributed by atoms with Crippen LogP contribution in [0.2, 0.25) is 0 Å². The van der Waals surface area contributed by atoms with E-state index in [4.69, 9.17) is 0 Å². The summed E-state index contributed by atoms with van der Waals surface area (Å²) in [5.41, 5.74) is 10.4. The molecule has 0 N–H and O–H groups in total. The highest BCUT2D eigenvalue weighted by atomic mass is 79.9. The number of aromatic nitrogens is 1. The number of aryl methyl sites for hydroxylation is 4. The molecular weight excluding hydrogens is 482 g/mol. The Kier molecular flexibility index (Phi) is 5.66. The largest absolute Gasteiger partial charge is 0.294 e. The topological polar surface area (TPSA) is 30.0 Å². The fraction of sp³-hybridized carbons (Fsp3) is 0.226. The molecule has 0 unspecified atom stereocenters. The molecule has 0 amide bonds. The van der Waals surface area contributed by atoms with Crippen molar-refractivity contribution in [3.8, 4) is 0 Å². The van der Waals surface area contributed by atoms with E-state index in [1.165, 1.54) is 35.1 Å². The highest BCUT2D eigenvalue weighted by molar-refractivity contribution is 9.10. The molecule has 3 heteroatoms. The van der Waals surface area contributed by atoms with E-state index >= 15 is 0 Å². The summed E-state index contributed by atoms with van der Waals surface area (Å²) in [7, 11) is 0. The van der Waals surface area contributed by atoms with Gasteiger partial charge >= 0.3 is 0 Å². The third kappa shape index (κ3) is 4.03. The molecular formula is C31H26BrNO. The lowest BCUT2D eigenvalue weighted by Crippen LogP contribution is -2.08. The van der Waals surface area contributed by atoms with Crippen LogP contribution in [0.1, 0.15) is 51.8 Å². The molecule has 4 aromatic rings. The van der Waals surface area contributed by atoms with Crippen LogP contribution >= 0.6 is 15.9 Å². The van der Waals surface area contributed by atoms with Crippen LogP contribution in [0, 0.1) is 0 Å². The first-order valence-corrected chi connectivity index (χ1v) is 13.0. The molecule has 1 aromatic heterocycles. The van der Waals surface area contributed by atoms with Crippen molar-refractivity contribution >= 4 is 44.3 Å². The van der Waals surface area contributed by atoms with Gasteiger partial charge in [0.2, 0.25) is 0 Å². The molecule has 0 aliphatic heterocycles. The lowest BCUT2D eigenvalue weighted by molar-refractivity contribution is -0.113. The van der Waals surface area contributed by atoms with Gasteiger partial charge in [0.25, 0.3) is 0 Å². The molecule has 0 saturated heterocycles. The first-order chi connectivity index (χ1) is 16.7. The van der Waals surface area contributed by atoms with Crippen LogP contribution in [-0.4, -0.2) is 10.8 Å². The summed E-state index contributed by atoms with van der Waals surface area (Å²) in [5, 5.41) is 1.05. The number of rotatable bonds is 5. The number of fused-ring (bicyclic) bond motifs is 3. The molecule has 1 heterocycles. The summed E-state index contributed by atoms with van der Waals surface area (Å²) in [6.07, 6.45) is 11.2. The number of carbonyl (C=O) groups is 1. The average Bonchev–Trinajstić information content (AvgIpc) is 3.52. The predicted octanol–water partition coefficient (Wildman–Crippen LogP) is 7.33. The fourth-order valence-electron chi connectivity index (χ4n) is 5.52. The highest BCUT2D eigenvalue weighted by Gasteiger charge is 2.20. The first kappa shape index (κ1) is 21.5. The SMILES string of the molecule is O=C(Cc1c(Br)ccc2cccnc12)/C(=C/c1ccc2c(c1)CCC2)c1ccc2c(c1)CCC2.